The van der Waals surface area contributed by atoms with Crippen molar-refractivity contribution in [2.45, 2.75) is 57.3 Å². The normalized spacial score (nSPS) is 18.4. The van der Waals surface area contributed by atoms with Gasteiger partial charge in [0, 0.05) is 16.9 Å². The van der Waals surface area contributed by atoms with Crippen LogP contribution in [0.4, 0.5) is 0 Å². The summed E-state index contributed by atoms with van der Waals surface area (Å²) in [5.41, 5.74) is 5.74. The van der Waals surface area contributed by atoms with E-state index in [1.165, 1.54) is 21.6 Å². The van der Waals surface area contributed by atoms with Crippen molar-refractivity contribution in [2.24, 2.45) is 5.41 Å². The van der Waals surface area contributed by atoms with Crippen LogP contribution < -0.4 is 5.32 Å². The highest BCUT2D eigenvalue weighted by molar-refractivity contribution is 7.97. The SMILES string of the molecule is C=C1CC(Cc2ccccc2)(CN(C)Sc2ccc(C(C)(C)C)cc2)C(CC)=CC1=N.CNC. The number of allylic oxidation sites excluding steroid dienone is 2. The van der Waals surface area contributed by atoms with Crippen LogP contribution in [0, 0.1) is 10.8 Å². The summed E-state index contributed by atoms with van der Waals surface area (Å²) in [6.07, 6.45) is 4.84. The summed E-state index contributed by atoms with van der Waals surface area (Å²) in [5, 5.41) is 11.1. The van der Waals surface area contributed by atoms with Crippen molar-refractivity contribution in [3.63, 3.8) is 0 Å². The molecular formula is C30H43N3S. The molecule has 0 aliphatic heterocycles. The minimum absolute atomic E-state index is 0.0369. The van der Waals surface area contributed by atoms with Gasteiger partial charge in [0.05, 0.1) is 5.71 Å². The van der Waals surface area contributed by atoms with Crippen molar-refractivity contribution >= 4 is 17.7 Å². The fraction of sp³-hybridized carbons (Fsp3) is 0.433. The molecule has 1 unspecified atom stereocenters. The predicted molar refractivity (Wildman–Crippen MR) is 151 cm³/mol. The maximum atomic E-state index is 8.32. The summed E-state index contributed by atoms with van der Waals surface area (Å²) < 4.78 is 2.36. The molecule has 0 fully saturated rings. The van der Waals surface area contributed by atoms with E-state index in [1.807, 2.05) is 14.1 Å². The molecule has 2 aromatic carbocycles. The monoisotopic (exact) mass is 477 g/mol. The maximum Gasteiger partial charge on any atom is 0.0566 e. The second kappa shape index (κ2) is 12.5. The molecule has 2 aromatic rings. The molecule has 34 heavy (non-hydrogen) atoms. The molecule has 2 N–H and O–H groups in total. The smallest absolute Gasteiger partial charge is 0.0566 e. The first-order chi connectivity index (χ1) is 16.0. The molecule has 1 aliphatic rings. The Morgan fingerprint density at radius 3 is 2.18 bits per heavy atom. The predicted octanol–water partition coefficient (Wildman–Crippen LogP) is 7.30. The number of hydrogen-bond donors (Lipinski definition) is 2. The number of hydrogen-bond acceptors (Lipinski definition) is 4. The van der Waals surface area contributed by atoms with Gasteiger partial charge in [-0.25, -0.2) is 4.31 Å². The molecule has 0 heterocycles. The van der Waals surface area contributed by atoms with Crippen molar-refractivity contribution in [3.05, 3.63) is 89.5 Å². The van der Waals surface area contributed by atoms with E-state index < -0.39 is 0 Å². The molecule has 0 saturated carbocycles. The first kappa shape index (κ1) is 28.1. The lowest BCUT2D eigenvalue weighted by Gasteiger charge is -2.42. The zero-order valence-electron chi connectivity index (χ0n) is 22.2. The van der Waals surface area contributed by atoms with Crippen LogP contribution in [0.25, 0.3) is 0 Å². The Hall–Kier alpha value is -2.14. The van der Waals surface area contributed by atoms with Crippen LogP contribution in [0.2, 0.25) is 0 Å². The zero-order chi connectivity index (χ0) is 25.4. The first-order valence-electron chi connectivity index (χ1n) is 12.1. The van der Waals surface area contributed by atoms with Crippen LogP contribution in [-0.2, 0) is 11.8 Å². The van der Waals surface area contributed by atoms with E-state index in [1.54, 1.807) is 11.9 Å². The van der Waals surface area contributed by atoms with Crippen molar-refractivity contribution in [2.75, 3.05) is 27.7 Å². The summed E-state index contributed by atoms with van der Waals surface area (Å²) in [6.45, 7) is 14.1. The molecule has 0 radical (unpaired) electrons. The van der Waals surface area contributed by atoms with Crippen molar-refractivity contribution in [3.8, 4) is 0 Å². The van der Waals surface area contributed by atoms with Gasteiger partial charge in [-0.1, -0.05) is 82.3 Å². The van der Waals surface area contributed by atoms with E-state index in [0.717, 1.165) is 31.4 Å². The average Bonchev–Trinajstić information content (AvgIpc) is 2.77. The minimum Gasteiger partial charge on any atom is -0.323 e. The van der Waals surface area contributed by atoms with Gasteiger partial charge in [-0.15, -0.1) is 0 Å². The fourth-order valence-corrected chi connectivity index (χ4v) is 5.48. The molecule has 0 spiro atoms. The third kappa shape index (κ3) is 7.69. The largest absolute Gasteiger partial charge is 0.323 e. The van der Waals surface area contributed by atoms with E-state index in [-0.39, 0.29) is 10.8 Å². The van der Waals surface area contributed by atoms with Gasteiger partial charge in [-0.05, 0) is 92.7 Å². The summed E-state index contributed by atoms with van der Waals surface area (Å²) in [7, 11) is 5.94. The van der Waals surface area contributed by atoms with Gasteiger partial charge in [0.15, 0.2) is 0 Å². The van der Waals surface area contributed by atoms with Crippen LogP contribution >= 0.6 is 11.9 Å². The molecule has 184 valence electrons. The Bertz CT molecular complexity index is 970. The molecule has 0 bridgehead atoms. The maximum absolute atomic E-state index is 8.32. The van der Waals surface area contributed by atoms with Crippen LogP contribution in [0.1, 0.15) is 51.7 Å². The number of benzene rings is 2. The Morgan fingerprint density at radius 2 is 1.65 bits per heavy atom. The fourth-order valence-electron chi connectivity index (χ4n) is 4.55. The molecule has 0 amide bonds. The molecule has 0 saturated heterocycles. The molecule has 1 aliphatic carbocycles. The number of rotatable bonds is 7. The first-order valence-corrected chi connectivity index (χ1v) is 12.9. The van der Waals surface area contributed by atoms with Gasteiger partial charge in [-0.3, -0.25) is 0 Å². The lowest BCUT2D eigenvalue weighted by Crippen LogP contribution is -2.40. The van der Waals surface area contributed by atoms with Crippen molar-refractivity contribution in [1.29, 1.82) is 5.41 Å². The molecular weight excluding hydrogens is 434 g/mol. The van der Waals surface area contributed by atoms with Gasteiger partial charge >= 0.3 is 0 Å². The van der Waals surface area contributed by atoms with Gasteiger partial charge in [0.25, 0.3) is 0 Å². The second-order valence-corrected chi connectivity index (χ2v) is 11.6. The third-order valence-electron chi connectivity index (χ3n) is 6.21. The molecule has 1 atom stereocenters. The average molecular weight is 478 g/mol. The van der Waals surface area contributed by atoms with E-state index in [9.17, 15) is 0 Å². The number of nitrogens with zero attached hydrogens (tertiary/aromatic N) is 1. The van der Waals surface area contributed by atoms with E-state index in [2.05, 4.69) is 112 Å². The van der Waals surface area contributed by atoms with E-state index >= 15 is 0 Å². The lowest BCUT2D eigenvalue weighted by molar-refractivity contribution is 0.279. The Labute approximate surface area is 212 Å². The molecule has 3 rings (SSSR count). The zero-order valence-corrected chi connectivity index (χ0v) is 23.0. The Kier molecular flexibility index (Phi) is 10.4. The topological polar surface area (TPSA) is 39.1 Å². The highest BCUT2D eigenvalue weighted by Crippen LogP contribution is 2.44. The quantitative estimate of drug-likeness (QED) is 0.411. The summed E-state index contributed by atoms with van der Waals surface area (Å²) in [5.74, 6) is 0. The van der Waals surface area contributed by atoms with Crippen molar-refractivity contribution in [1.82, 2.24) is 9.62 Å². The summed E-state index contributed by atoms with van der Waals surface area (Å²) >= 11 is 1.80. The number of nitrogens with one attached hydrogen (secondary N) is 2. The minimum atomic E-state index is -0.0369. The van der Waals surface area contributed by atoms with Gasteiger partial charge in [0.1, 0.15) is 0 Å². The van der Waals surface area contributed by atoms with Crippen LogP contribution in [0.5, 0.6) is 0 Å². The highest BCUT2D eigenvalue weighted by atomic mass is 32.2. The Morgan fingerprint density at radius 1 is 1.06 bits per heavy atom. The van der Waals surface area contributed by atoms with E-state index in [0.29, 0.717) is 5.71 Å². The van der Waals surface area contributed by atoms with Gasteiger partial charge in [-0.2, -0.15) is 0 Å². The molecule has 4 heteroatoms. The van der Waals surface area contributed by atoms with Crippen LogP contribution in [0.15, 0.2) is 83.3 Å². The van der Waals surface area contributed by atoms with E-state index in [4.69, 9.17) is 5.41 Å². The standard InChI is InChI=1S/C28H36N2S.C2H7N/c1-7-23-17-26(29)21(2)18-28(23,19-22-11-9-8-10-12-22)20-30(6)31-25-15-13-24(14-16-25)27(3,4)5;1-3-2/h8-17,29H,2,7,18-20H2,1,3-6H3;3H,1-2H3. The Balaban J connectivity index is 0.00000129. The third-order valence-corrected chi connectivity index (χ3v) is 7.13. The van der Waals surface area contributed by atoms with Gasteiger partial charge in [0.2, 0.25) is 0 Å². The second-order valence-electron chi connectivity index (χ2n) is 10.3. The van der Waals surface area contributed by atoms with Gasteiger partial charge < -0.3 is 10.7 Å². The summed E-state index contributed by atoms with van der Waals surface area (Å²) in [4.78, 5) is 1.26. The van der Waals surface area contributed by atoms with Crippen LogP contribution in [-0.4, -0.2) is 37.7 Å². The van der Waals surface area contributed by atoms with Crippen molar-refractivity contribution < 1.29 is 0 Å². The highest BCUT2D eigenvalue weighted by Gasteiger charge is 2.39. The molecule has 0 aromatic heterocycles. The lowest BCUT2D eigenvalue weighted by atomic mass is 9.66. The molecule has 3 nitrogen and oxygen atoms in total. The summed E-state index contributed by atoms with van der Waals surface area (Å²) in [6, 6.07) is 19.7. The van der Waals surface area contributed by atoms with Crippen LogP contribution in [0.3, 0.4) is 0 Å².